The number of aromatic nitrogens is 3. The Morgan fingerprint density at radius 3 is 2.60 bits per heavy atom. The molecule has 1 fully saturated rings. The zero-order chi connectivity index (χ0) is 35.9. The molecule has 3 atom stereocenters. The van der Waals surface area contributed by atoms with Gasteiger partial charge in [0.25, 0.3) is 0 Å². The zero-order valence-electron chi connectivity index (χ0n) is 27.9. The van der Waals surface area contributed by atoms with Crippen molar-refractivity contribution < 1.29 is 42.5 Å². The van der Waals surface area contributed by atoms with Crippen LogP contribution in [0.5, 0.6) is 11.5 Å². The number of hydrogen-bond acceptors (Lipinski definition) is 10. The van der Waals surface area contributed by atoms with Gasteiger partial charge < -0.3 is 34.0 Å². The first-order valence-corrected chi connectivity index (χ1v) is 16.2. The Kier molecular flexibility index (Phi) is 9.42. The van der Waals surface area contributed by atoms with E-state index in [-0.39, 0.29) is 40.3 Å². The lowest BCUT2D eigenvalue weighted by atomic mass is 9.98. The number of carbonyl (C=O) groups is 3. The zero-order valence-corrected chi connectivity index (χ0v) is 28.6. The van der Waals surface area contributed by atoms with Gasteiger partial charge in [0.15, 0.2) is 23.2 Å². The van der Waals surface area contributed by atoms with Gasteiger partial charge in [0.2, 0.25) is 0 Å². The summed E-state index contributed by atoms with van der Waals surface area (Å²) in [6.45, 7) is 6.96. The average Bonchev–Trinajstić information content (AvgIpc) is 3.64. The van der Waals surface area contributed by atoms with Gasteiger partial charge in [-0.25, -0.2) is 23.9 Å². The van der Waals surface area contributed by atoms with Gasteiger partial charge in [0, 0.05) is 36.3 Å². The molecule has 1 aliphatic rings. The molecule has 0 bridgehead atoms. The van der Waals surface area contributed by atoms with Crippen LogP contribution in [0.25, 0.3) is 22.0 Å². The fourth-order valence-corrected chi connectivity index (χ4v) is 6.16. The highest BCUT2D eigenvalue weighted by molar-refractivity contribution is 6.35. The second-order valence-corrected chi connectivity index (χ2v) is 13.5. The number of H-pyrrole nitrogens is 1. The van der Waals surface area contributed by atoms with Crippen LogP contribution in [0.2, 0.25) is 5.02 Å². The van der Waals surface area contributed by atoms with Gasteiger partial charge >= 0.3 is 12.1 Å². The van der Waals surface area contributed by atoms with Crippen molar-refractivity contribution in [2.24, 2.45) is 0 Å². The van der Waals surface area contributed by atoms with Crippen molar-refractivity contribution in [1.29, 1.82) is 0 Å². The van der Waals surface area contributed by atoms with E-state index in [1.807, 2.05) is 0 Å². The number of nitrogens with zero attached hydrogens (tertiary/aromatic N) is 3. The lowest BCUT2D eigenvalue weighted by Crippen LogP contribution is -2.54. The minimum Gasteiger partial charge on any atom is -0.480 e. The molecule has 15 heteroatoms. The Morgan fingerprint density at radius 1 is 1.14 bits per heavy atom. The number of benzene rings is 2. The van der Waals surface area contributed by atoms with Crippen LogP contribution in [-0.4, -0.2) is 80.2 Å². The molecule has 3 N–H and O–H groups in total. The summed E-state index contributed by atoms with van der Waals surface area (Å²) < 4.78 is 37.2. The maximum Gasteiger partial charge on any atom is 0.410 e. The summed E-state index contributed by atoms with van der Waals surface area (Å²) in [4.78, 5) is 51.3. The van der Waals surface area contributed by atoms with Crippen molar-refractivity contribution in [3.05, 3.63) is 76.6 Å². The van der Waals surface area contributed by atoms with E-state index in [1.165, 1.54) is 43.8 Å². The summed E-state index contributed by atoms with van der Waals surface area (Å²) >= 11 is 6.60. The van der Waals surface area contributed by atoms with Gasteiger partial charge in [0.05, 0.1) is 34.7 Å². The van der Waals surface area contributed by atoms with E-state index in [1.54, 1.807) is 39.8 Å². The third kappa shape index (κ3) is 7.21. The second kappa shape index (κ2) is 13.6. The number of rotatable bonds is 9. The van der Waals surface area contributed by atoms with Crippen molar-refractivity contribution >= 4 is 57.3 Å². The minimum absolute atomic E-state index is 0.104. The van der Waals surface area contributed by atoms with E-state index in [9.17, 15) is 23.9 Å². The van der Waals surface area contributed by atoms with E-state index >= 15 is 0 Å². The predicted octanol–water partition coefficient (Wildman–Crippen LogP) is 7.11. The summed E-state index contributed by atoms with van der Waals surface area (Å²) in [6.07, 6.45) is 2.13. The number of nitrogens with one attached hydrogen (secondary N) is 2. The molecule has 6 rings (SSSR count). The molecule has 1 unspecified atom stereocenters. The lowest BCUT2D eigenvalue weighted by Gasteiger charge is -2.37. The van der Waals surface area contributed by atoms with Crippen molar-refractivity contribution in [2.75, 3.05) is 19.0 Å². The standard InChI is InChI=1S/C35H35ClFN5O8/c1-17-10-18-11-19(37)12-26(30(18)48-17)49-21-7-8-22(24(36)13-21)29(43)23-14-38-31-27(23)32(40-16-39-31)41-20-6-9-25(47-15-20)28(33(44)45)42(5)34(46)50-35(2,3)4/h7-8,10-14,16,20,25,28H,6,9,15H2,1-5H3,(H,44,45)(H2,38,39,40,41)/t20-,25+,28?/m1/s1. The molecule has 2 aromatic carbocycles. The summed E-state index contributed by atoms with van der Waals surface area (Å²) in [6, 6.07) is 7.25. The Balaban J connectivity index is 1.17. The first kappa shape index (κ1) is 34.6. The third-order valence-corrected chi connectivity index (χ3v) is 8.47. The Hall–Kier alpha value is -5.21. The molecule has 4 heterocycles. The minimum atomic E-state index is -1.25. The van der Waals surface area contributed by atoms with E-state index in [2.05, 4.69) is 20.3 Å². The number of fused-ring (bicyclic) bond motifs is 2. The van der Waals surface area contributed by atoms with Gasteiger partial charge in [-0.15, -0.1) is 0 Å². The summed E-state index contributed by atoms with van der Waals surface area (Å²) in [5.41, 5.74) is 0.443. The van der Waals surface area contributed by atoms with Crippen LogP contribution in [0.4, 0.5) is 15.0 Å². The maximum atomic E-state index is 14.2. The number of ketones is 1. The molecular weight excluding hydrogens is 673 g/mol. The number of furan rings is 1. The van der Waals surface area contributed by atoms with Crippen molar-refractivity contribution in [2.45, 2.75) is 64.3 Å². The van der Waals surface area contributed by atoms with Gasteiger partial charge in [0.1, 0.15) is 40.7 Å². The van der Waals surface area contributed by atoms with Gasteiger partial charge in [-0.1, -0.05) is 11.6 Å². The monoisotopic (exact) mass is 707 g/mol. The van der Waals surface area contributed by atoms with Crippen molar-refractivity contribution in [3.8, 4) is 11.5 Å². The molecule has 3 aromatic heterocycles. The van der Waals surface area contributed by atoms with E-state index < -0.39 is 41.4 Å². The molecule has 13 nitrogen and oxygen atoms in total. The average molecular weight is 708 g/mol. The molecule has 1 amide bonds. The quantitative estimate of drug-likeness (QED) is 0.134. The maximum absolute atomic E-state index is 14.2. The number of ether oxygens (including phenoxy) is 3. The number of hydrogen-bond donors (Lipinski definition) is 3. The molecule has 1 aliphatic heterocycles. The molecule has 0 radical (unpaired) electrons. The van der Waals surface area contributed by atoms with Gasteiger partial charge in [-0.3, -0.25) is 9.69 Å². The van der Waals surface area contributed by atoms with Crippen molar-refractivity contribution in [3.63, 3.8) is 0 Å². The summed E-state index contributed by atoms with van der Waals surface area (Å²) in [5, 5.41) is 14.3. The first-order chi connectivity index (χ1) is 23.7. The van der Waals surface area contributed by atoms with Crippen LogP contribution in [0.15, 0.2) is 53.3 Å². The third-order valence-electron chi connectivity index (χ3n) is 8.15. The summed E-state index contributed by atoms with van der Waals surface area (Å²) in [5.74, 6) is -0.704. The topological polar surface area (TPSA) is 169 Å². The fraction of sp³-hybridized carbons (Fsp3) is 0.343. The predicted molar refractivity (Wildman–Crippen MR) is 182 cm³/mol. The Labute approximate surface area is 290 Å². The highest BCUT2D eigenvalue weighted by atomic mass is 35.5. The molecule has 1 saturated heterocycles. The molecule has 0 saturated carbocycles. The van der Waals surface area contributed by atoms with Crippen LogP contribution in [-0.2, 0) is 14.3 Å². The highest BCUT2D eigenvalue weighted by Crippen LogP contribution is 2.36. The van der Waals surface area contributed by atoms with Crippen LogP contribution in [0.1, 0.15) is 55.3 Å². The largest absolute Gasteiger partial charge is 0.480 e. The number of aliphatic carboxylic acids is 1. The number of carbonyl (C=O) groups excluding carboxylic acids is 2. The Bertz CT molecular complexity index is 2100. The fourth-order valence-electron chi connectivity index (χ4n) is 5.91. The van der Waals surface area contributed by atoms with Crippen molar-refractivity contribution in [1.82, 2.24) is 19.9 Å². The number of halogens is 2. The molecule has 5 aromatic rings. The van der Waals surface area contributed by atoms with Gasteiger partial charge in [-0.05, 0) is 64.8 Å². The smallest absolute Gasteiger partial charge is 0.410 e. The number of anilines is 1. The van der Waals surface area contributed by atoms with Crippen LogP contribution < -0.4 is 10.1 Å². The number of carboxylic acids is 1. The normalized spacial score (nSPS) is 17.0. The second-order valence-electron chi connectivity index (χ2n) is 13.1. The lowest BCUT2D eigenvalue weighted by molar-refractivity contribution is -0.150. The summed E-state index contributed by atoms with van der Waals surface area (Å²) in [7, 11) is 1.37. The number of likely N-dealkylation sites (N-methyl/N-ethyl adjacent to an activating group) is 1. The molecule has 0 aliphatic carbocycles. The highest BCUT2D eigenvalue weighted by Gasteiger charge is 2.39. The van der Waals surface area contributed by atoms with Crippen LogP contribution in [0, 0.1) is 12.7 Å². The van der Waals surface area contributed by atoms with E-state index in [4.69, 9.17) is 30.2 Å². The van der Waals surface area contributed by atoms with Crippen LogP contribution in [0.3, 0.4) is 0 Å². The number of aromatic amines is 1. The van der Waals surface area contributed by atoms with Gasteiger partial charge in [-0.2, -0.15) is 0 Å². The molecule has 0 spiro atoms. The number of carboxylic acid groups (broad SMARTS) is 1. The number of aryl methyl sites for hydroxylation is 1. The first-order valence-electron chi connectivity index (χ1n) is 15.8. The SMILES string of the molecule is Cc1cc2cc(F)cc(Oc3ccc(C(=O)c4c[nH]c5ncnc(N[C@@H]6CC[C@@H](C(C(=O)O)N(C)C(=O)OC(C)(C)C)OC6)c45)c(Cl)c3)c2o1. The molecule has 262 valence electrons. The van der Waals surface area contributed by atoms with E-state index in [0.29, 0.717) is 46.4 Å². The number of amides is 1. The Morgan fingerprint density at radius 2 is 1.92 bits per heavy atom. The molecule has 50 heavy (non-hydrogen) atoms. The molecular formula is C35H35ClFN5O8. The van der Waals surface area contributed by atoms with Crippen LogP contribution >= 0.6 is 11.6 Å². The van der Waals surface area contributed by atoms with E-state index in [0.717, 1.165) is 4.90 Å².